The molecule has 27 heavy (non-hydrogen) atoms. The number of nitrogens with zero attached hydrogens (tertiary/aromatic N) is 4. The number of benzene rings is 2. The average molecular weight is 363 g/mol. The number of nitrogens with two attached hydrogens (primary N) is 1. The number of likely N-dealkylation sites (N-methyl/N-ethyl adjacent to an activating group) is 1. The third-order valence-electron chi connectivity index (χ3n) is 5.28. The zero-order valence-corrected chi connectivity index (χ0v) is 15.9. The van der Waals surface area contributed by atoms with E-state index >= 15 is 0 Å². The predicted octanol–water partition coefficient (Wildman–Crippen LogP) is 2.61. The van der Waals surface area contributed by atoms with Crippen LogP contribution in [0.15, 0.2) is 42.5 Å². The highest BCUT2D eigenvalue weighted by Crippen LogP contribution is 2.28. The number of hydrogen-bond acceptors (Lipinski definition) is 4. The molecule has 0 atom stereocenters. The second kappa shape index (κ2) is 7.04. The standard InChI is InChI=1S/C21H25N5O/c1-15-6-8-16(9-7-15)14-19-23-20-17(25-12-10-24(2)11-13-25)4-3-5-18(20)26(19)21(22)27/h3-9H,10-14H2,1-2H3,(H2,22,27). The van der Waals surface area contributed by atoms with E-state index in [4.69, 9.17) is 10.7 Å². The van der Waals surface area contributed by atoms with Crippen LogP contribution in [0.5, 0.6) is 0 Å². The molecule has 2 heterocycles. The lowest BCUT2D eigenvalue weighted by Gasteiger charge is -2.34. The molecular formula is C21H25N5O. The summed E-state index contributed by atoms with van der Waals surface area (Å²) in [4.78, 5) is 21.7. The number of anilines is 1. The first-order valence-electron chi connectivity index (χ1n) is 9.32. The van der Waals surface area contributed by atoms with E-state index in [1.165, 1.54) is 5.56 Å². The summed E-state index contributed by atoms with van der Waals surface area (Å²) in [7, 11) is 2.14. The van der Waals surface area contributed by atoms with Crippen LogP contribution in [-0.2, 0) is 6.42 Å². The van der Waals surface area contributed by atoms with Crippen molar-refractivity contribution in [1.82, 2.24) is 14.5 Å². The summed E-state index contributed by atoms with van der Waals surface area (Å²) in [5.41, 5.74) is 10.7. The van der Waals surface area contributed by atoms with Crippen molar-refractivity contribution >= 4 is 22.8 Å². The van der Waals surface area contributed by atoms with Crippen LogP contribution in [0.3, 0.4) is 0 Å². The van der Waals surface area contributed by atoms with Gasteiger partial charge in [-0.05, 0) is 31.7 Å². The Kier molecular flexibility index (Phi) is 4.58. The molecule has 140 valence electrons. The summed E-state index contributed by atoms with van der Waals surface area (Å²) in [5, 5.41) is 0. The van der Waals surface area contributed by atoms with E-state index in [2.05, 4.69) is 54.1 Å². The first-order valence-corrected chi connectivity index (χ1v) is 9.32. The van der Waals surface area contributed by atoms with Gasteiger partial charge in [0.2, 0.25) is 0 Å². The Morgan fingerprint density at radius 2 is 1.78 bits per heavy atom. The van der Waals surface area contributed by atoms with E-state index < -0.39 is 6.03 Å². The van der Waals surface area contributed by atoms with Gasteiger partial charge in [-0.25, -0.2) is 14.3 Å². The molecule has 6 nitrogen and oxygen atoms in total. The van der Waals surface area contributed by atoms with Gasteiger partial charge in [-0.1, -0.05) is 35.9 Å². The van der Waals surface area contributed by atoms with Crippen LogP contribution < -0.4 is 10.6 Å². The Hall–Kier alpha value is -2.86. The SMILES string of the molecule is Cc1ccc(Cc2nc3c(N4CCN(C)CC4)cccc3n2C(N)=O)cc1. The molecule has 0 unspecified atom stereocenters. The lowest BCUT2D eigenvalue weighted by atomic mass is 10.1. The number of imidazole rings is 1. The minimum atomic E-state index is -0.491. The second-order valence-electron chi connectivity index (χ2n) is 7.30. The van der Waals surface area contributed by atoms with Crippen molar-refractivity contribution in [1.29, 1.82) is 0 Å². The van der Waals surface area contributed by atoms with Crippen LogP contribution in [0, 0.1) is 6.92 Å². The molecular weight excluding hydrogens is 338 g/mol. The highest BCUT2D eigenvalue weighted by molar-refractivity contribution is 5.96. The average Bonchev–Trinajstić information content (AvgIpc) is 3.02. The van der Waals surface area contributed by atoms with Crippen molar-refractivity contribution in [3.8, 4) is 0 Å². The van der Waals surface area contributed by atoms with E-state index in [0.717, 1.165) is 48.5 Å². The third-order valence-corrected chi connectivity index (χ3v) is 5.28. The molecule has 0 aliphatic carbocycles. The minimum absolute atomic E-state index is 0.491. The molecule has 1 aliphatic rings. The van der Waals surface area contributed by atoms with Gasteiger partial charge in [-0.3, -0.25) is 0 Å². The quantitative estimate of drug-likeness (QED) is 0.777. The van der Waals surface area contributed by atoms with E-state index in [-0.39, 0.29) is 0 Å². The Morgan fingerprint density at radius 3 is 2.44 bits per heavy atom. The molecule has 1 saturated heterocycles. The largest absolute Gasteiger partial charge is 0.367 e. The zero-order chi connectivity index (χ0) is 19.0. The third kappa shape index (κ3) is 3.40. The number of primary amides is 1. The first-order chi connectivity index (χ1) is 13.0. The number of carbonyl (C=O) groups excluding carboxylic acids is 1. The van der Waals surface area contributed by atoms with Crippen LogP contribution >= 0.6 is 0 Å². The van der Waals surface area contributed by atoms with Gasteiger partial charge < -0.3 is 15.5 Å². The van der Waals surface area contributed by atoms with Crippen molar-refractivity contribution in [2.45, 2.75) is 13.3 Å². The monoisotopic (exact) mass is 363 g/mol. The summed E-state index contributed by atoms with van der Waals surface area (Å²) in [6.45, 7) is 6.00. The van der Waals surface area contributed by atoms with Crippen molar-refractivity contribution in [2.24, 2.45) is 5.73 Å². The maximum Gasteiger partial charge on any atom is 0.324 e. The molecule has 0 saturated carbocycles. The molecule has 1 aromatic heterocycles. The summed E-state index contributed by atoms with van der Waals surface area (Å²) in [6.07, 6.45) is 0.570. The maximum atomic E-state index is 12.2. The highest BCUT2D eigenvalue weighted by atomic mass is 16.2. The van der Waals surface area contributed by atoms with Crippen LogP contribution in [0.2, 0.25) is 0 Å². The fourth-order valence-corrected chi connectivity index (χ4v) is 3.69. The van der Waals surface area contributed by atoms with E-state index in [9.17, 15) is 4.79 Å². The molecule has 1 aliphatic heterocycles. The second-order valence-corrected chi connectivity index (χ2v) is 7.30. The van der Waals surface area contributed by atoms with Crippen LogP contribution in [0.1, 0.15) is 17.0 Å². The van der Waals surface area contributed by atoms with Gasteiger partial charge in [0.25, 0.3) is 0 Å². The molecule has 1 fully saturated rings. The van der Waals surface area contributed by atoms with Crippen molar-refractivity contribution in [2.75, 3.05) is 38.1 Å². The highest BCUT2D eigenvalue weighted by Gasteiger charge is 2.21. The van der Waals surface area contributed by atoms with Gasteiger partial charge in [-0.15, -0.1) is 0 Å². The van der Waals surface area contributed by atoms with Gasteiger partial charge >= 0.3 is 6.03 Å². The molecule has 4 rings (SSSR count). The van der Waals surface area contributed by atoms with Gasteiger partial charge in [0.15, 0.2) is 0 Å². The number of para-hydroxylation sites is 1. The number of aryl methyl sites for hydroxylation is 1. The van der Waals surface area contributed by atoms with E-state index in [0.29, 0.717) is 12.2 Å². The summed E-state index contributed by atoms with van der Waals surface area (Å²) < 4.78 is 1.55. The van der Waals surface area contributed by atoms with Crippen molar-refractivity contribution in [3.05, 3.63) is 59.4 Å². The molecule has 1 amide bonds. The Bertz CT molecular complexity index is 968. The Morgan fingerprint density at radius 1 is 1.07 bits per heavy atom. The lowest BCUT2D eigenvalue weighted by Crippen LogP contribution is -2.44. The fourth-order valence-electron chi connectivity index (χ4n) is 3.69. The number of fused-ring (bicyclic) bond motifs is 1. The number of hydrogen-bond donors (Lipinski definition) is 1. The molecule has 6 heteroatoms. The van der Waals surface area contributed by atoms with E-state index in [1.54, 1.807) is 4.57 Å². The fraction of sp³-hybridized carbons (Fsp3) is 0.333. The zero-order valence-electron chi connectivity index (χ0n) is 15.9. The maximum absolute atomic E-state index is 12.2. The minimum Gasteiger partial charge on any atom is -0.367 e. The van der Waals surface area contributed by atoms with Gasteiger partial charge in [0.1, 0.15) is 11.3 Å². The molecule has 0 radical (unpaired) electrons. The number of aromatic nitrogens is 2. The number of piperazine rings is 1. The summed E-state index contributed by atoms with van der Waals surface area (Å²) in [6, 6.07) is 13.8. The normalized spacial score (nSPS) is 15.4. The van der Waals surface area contributed by atoms with Gasteiger partial charge in [-0.2, -0.15) is 0 Å². The molecule has 3 aromatic rings. The first kappa shape index (κ1) is 17.5. The number of amides is 1. The summed E-state index contributed by atoms with van der Waals surface area (Å²) >= 11 is 0. The summed E-state index contributed by atoms with van der Waals surface area (Å²) in [5.74, 6) is 0.683. The van der Waals surface area contributed by atoms with Crippen LogP contribution in [-0.4, -0.2) is 53.7 Å². The van der Waals surface area contributed by atoms with Gasteiger partial charge in [0.05, 0.1) is 11.2 Å². The molecule has 0 spiro atoms. The molecule has 2 aromatic carbocycles. The van der Waals surface area contributed by atoms with Gasteiger partial charge in [0, 0.05) is 32.6 Å². The van der Waals surface area contributed by atoms with Crippen molar-refractivity contribution < 1.29 is 4.79 Å². The van der Waals surface area contributed by atoms with Crippen LogP contribution in [0.25, 0.3) is 11.0 Å². The predicted molar refractivity (Wildman–Crippen MR) is 108 cm³/mol. The lowest BCUT2D eigenvalue weighted by molar-refractivity contribution is 0.250. The number of carbonyl (C=O) groups is 1. The molecule has 0 bridgehead atoms. The van der Waals surface area contributed by atoms with Crippen molar-refractivity contribution in [3.63, 3.8) is 0 Å². The number of rotatable bonds is 3. The van der Waals surface area contributed by atoms with E-state index in [1.807, 2.05) is 12.1 Å². The Labute approximate surface area is 159 Å². The van der Waals surface area contributed by atoms with Crippen LogP contribution in [0.4, 0.5) is 10.5 Å². The Balaban J connectivity index is 1.77. The topological polar surface area (TPSA) is 67.4 Å². The molecule has 2 N–H and O–H groups in total. The smallest absolute Gasteiger partial charge is 0.324 e.